The third-order valence-corrected chi connectivity index (χ3v) is 4.96. The van der Waals surface area contributed by atoms with Crippen LogP contribution in [0.1, 0.15) is 11.1 Å². The van der Waals surface area contributed by atoms with Gasteiger partial charge in [0, 0.05) is 0 Å². The number of para-hydroxylation sites is 1. The first-order chi connectivity index (χ1) is 12.5. The molecule has 0 N–H and O–H groups in total. The lowest BCUT2D eigenvalue weighted by Gasteiger charge is -2.16. The van der Waals surface area contributed by atoms with Crippen molar-refractivity contribution in [3.63, 3.8) is 0 Å². The van der Waals surface area contributed by atoms with E-state index in [0.717, 1.165) is 11.3 Å². The summed E-state index contributed by atoms with van der Waals surface area (Å²) in [6, 6.07) is 14.4. The van der Waals surface area contributed by atoms with Gasteiger partial charge in [0.25, 0.3) is 5.91 Å². The monoisotopic (exact) mass is 384 g/mol. The number of hydrogen-bond acceptors (Lipinski definition) is 6. The Morgan fingerprint density at radius 2 is 2.04 bits per heavy atom. The van der Waals surface area contributed by atoms with E-state index in [4.69, 9.17) is 17.0 Å². The molecule has 132 valence electrons. The van der Waals surface area contributed by atoms with Crippen molar-refractivity contribution in [3.05, 3.63) is 64.6 Å². The lowest BCUT2D eigenvalue weighted by Crippen LogP contribution is -2.28. The van der Waals surface area contributed by atoms with Gasteiger partial charge in [0.05, 0.1) is 16.6 Å². The van der Waals surface area contributed by atoms with Crippen LogP contribution in [-0.2, 0) is 9.59 Å². The zero-order valence-corrected chi connectivity index (χ0v) is 15.4. The average molecular weight is 384 g/mol. The average Bonchev–Trinajstić information content (AvgIpc) is 2.88. The van der Waals surface area contributed by atoms with Crippen molar-refractivity contribution in [1.82, 2.24) is 0 Å². The van der Waals surface area contributed by atoms with E-state index in [1.807, 2.05) is 31.2 Å². The molecule has 0 aliphatic carbocycles. The molecular formula is C19H14NO4S2-. The summed E-state index contributed by atoms with van der Waals surface area (Å²) >= 11 is 6.61. The number of carboxylic acids is 1. The number of ether oxygens (including phenoxy) is 1. The van der Waals surface area contributed by atoms with Crippen LogP contribution in [0, 0.1) is 6.92 Å². The highest BCUT2D eigenvalue weighted by atomic mass is 32.2. The zero-order chi connectivity index (χ0) is 18.7. The molecule has 0 atom stereocenters. The number of aryl methyl sites for hydroxylation is 1. The molecule has 1 saturated heterocycles. The van der Waals surface area contributed by atoms with Crippen LogP contribution >= 0.6 is 24.0 Å². The van der Waals surface area contributed by atoms with E-state index in [0.29, 0.717) is 20.5 Å². The Kier molecular flexibility index (Phi) is 5.39. The van der Waals surface area contributed by atoms with Crippen LogP contribution in [0.4, 0.5) is 5.69 Å². The maximum atomic E-state index is 12.8. The second kappa shape index (κ2) is 7.72. The van der Waals surface area contributed by atoms with Crippen molar-refractivity contribution in [1.29, 1.82) is 0 Å². The Labute approximate surface area is 160 Å². The lowest BCUT2D eigenvalue weighted by atomic mass is 10.1. The van der Waals surface area contributed by atoms with Crippen LogP contribution in [-0.4, -0.2) is 22.8 Å². The van der Waals surface area contributed by atoms with Crippen molar-refractivity contribution < 1.29 is 19.4 Å². The second-order valence-electron chi connectivity index (χ2n) is 5.54. The van der Waals surface area contributed by atoms with Gasteiger partial charge >= 0.3 is 0 Å². The van der Waals surface area contributed by atoms with Gasteiger partial charge in [0.15, 0.2) is 4.32 Å². The second-order valence-corrected chi connectivity index (χ2v) is 7.21. The lowest BCUT2D eigenvalue weighted by molar-refractivity contribution is -0.307. The number of aliphatic carboxylic acids is 1. The molecule has 0 saturated carbocycles. The van der Waals surface area contributed by atoms with Crippen molar-refractivity contribution in [2.24, 2.45) is 0 Å². The van der Waals surface area contributed by atoms with Crippen LogP contribution in [0.2, 0.25) is 0 Å². The summed E-state index contributed by atoms with van der Waals surface area (Å²) in [6.07, 6.45) is 1.71. The summed E-state index contributed by atoms with van der Waals surface area (Å²) in [5.74, 6) is -1.10. The standard InChI is InChI=1S/C19H15NO4S2/c1-12-5-2-3-8-15(12)20-18(23)16(26-19(20)25)10-13-6-4-7-14(9-13)24-11-17(21)22/h2-10H,11H2,1H3,(H,21,22)/p-1/b16-10-. The van der Waals surface area contributed by atoms with Crippen LogP contribution in [0.5, 0.6) is 5.75 Å². The van der Waals surface area contributed by atoms with Gasteiger partial charge in [-0.15, -0.1) is 0 Å². The topological polar surface area (TPSA) is 69.7 Å². The Bertz CT molecular complexity index is 923. The fourth-order valence-electron chi connectivity index (χ4n) is 2.48. The largest absolute Gasteiger partial charge is 0.546 e. The fourth-order valence-corrected chi connectivity index (χ4v) is 3.76. The van der Waals surface area contributed by atoms with E-state index in [-0.39, 0.29) is 5.91 Å². The maximum Gasteiger partial charge on any atom is 0.270 e. The van der Waals surface area contributed by atoms with E-state index >= 15 is 0 Å². The zero-order valence-electron chi connectivity index (χ0n) is 13.8. The molecule has 1 fully saturated rings. The summed E-state index contributed by atoms with van der Waals surface area (Å²) in [6.45, 7) is 1.40. The summed E-state index contributed by atoms with van der Waals surface area (Å²) in [5.41, 5.74) is 2.44. The molecule has 0 radical (unpaired) electrons. The first-order valence-corrected chi connectivity index (χ1v) is 8.94. The molecule has 2 aromatic carbocycles. The SMILES string of the molecule is Cc1ccccc1N1C(=O)/C(=C/c2cccc(OCC(=O)[O-])c2)SC1=S. The number of nitrogens with zero attached hydrogens (tertiary/aromatic N) is 1. The number of carbonyl (C=O) groups is 2. The predicted octanol–water partition coefficient (Wildman–Crippen LogP) is 2.53. The third kappa shape index (κ3) is 3.95. The van der Waals surface area contributed by atoms with Crippen LogP contribution in [0.15, 0.2) is 53.4 Å². The maximum absolute atomic E-state index is 12.8. The van der Waals surface area contributed by atoms with E-state index in [2.05, 4.69) is 0 Å². The fraction of sp³-hybridized carbons (Fsp3) is 0.105. The van der Waals surface area contributed by atoms with E-state index in [1.165, 1.54) is 16.7 Å². The number of rotatable bonds is 5. The van der Waals surface area contributed by atoms with Gasteiger partial charge in [0.2, 0.25) is 0 Å². The highest BCUT2D eigenvalue weighted by Crippen LogP contribution is 2.37. The van der Waals surface area contributed by atoms with E-state index in [9.17, 15) is 14.7 Å². The first-order valence-electron chi connectivity index (χ1n) is 7.72. The minimum Gasteiger partial charge on any atom is -0.546 e. The highest BCUT2D eigenvalue weighted by molar-refractivity contribution is 8.27. The third-order valence-electron chi connectivity index (χ3n) is 3.66. The molecule has 7 heteroatoms. The van der Waals surface area contributed by atoms with Crippen molar-refractivity contribution in [2.45, 2.75) is 6.92 Å². The molecule has 1 heterocycles. The molecule has 1 amide bonds. The van der Waals surface area contributed by atoms with Gasteiger partial charge in [0.1, 0.15) is 12.4 Å². The highest BCUT2D eigenvalue weighted by Gasteiger charge is 2.33. The molecule has 26 heavy (non-hydrogen) atoms. The number of thiocarbonyl (C=S) groups is 1. The summed E-state index contributed by atoms with van der Waals surface area (Å²) in [7, 11) is 0. The Morgan fingerprint density at radius 1 is 1.27 bits per heavy atom. The molecule has 0 bridgehead atoms. The number of hydrogen-bond donors (Lipinski definition) is 0. The molecule has 0 aromatic heterocycles. The summed E-state index contributed by atoms with van der Waals surface area (Å²) < 4.78 is 5.58. The van der Waals surface area contributed by atoms with E-state index < -0.39 is 12.6 Å². The molecule has 5 nitrogen and oxygen atoms in total. The predicted molar refractivity (Wildman–Crippen MR) is 104 cm³/mol. The molecule has 1 aliphatic heterocycles. The quantitative estimate of drug-likeness (QED) is 0.583. The van der Waals surface area contributed by atoms with Crippen LogP contribution < -0.4 is 14.7 Å². The van der Waals surface area contributed by atoms with Gasteiger partial charge in [-0.1, -0.05) is 54.3 Å². The minimum absolute atomic E-state index is 0.185. The molecule has 1 aliphatic rings. The molecule has 0 spiro atoms. The van der Waals surface area contributed by atoms with E-state index in [1.54, 1.807) is 30.3 Å². The minimum atomic E-state index is -1.30. The molecule has 0 unspecified atom stereocenters. The number of benzene rings is 2. The summed E-state index contributed by atoms with van der Waals surface area (Å²) in [5, 5.41) is 10.5. The number of anilines is 1. The van der Waals surface area contributed by atoms with Crippen molar-refractivity contribution in [2.75, 3.05) is 11.5 Å². The van der Waals surface area contributed by atoms with Gasteiger partial charge in [-0.2, -0.15) is 0 Å². The van der Waals surface area contributed by atoms with Crippen LogP contribution in [0.25, 0.3) is 6.08 Å². The number of amides is 1. The van der Waals surface area contributed by atoms with Crippen LogP contribution in [0.3, 0.4) is 0 Å². The Balaban J connectivity index is 1.85. The van der Waals surface area contributed by atoms with Gasteiger partial charge in [-0.05, 0) is 42.3 Å². The normalized spacial score (nSPS) is 15.6. The number of carboxylic acid groups (broad SMARTS) is 1. The van der Waals surface area contributed by atoms with Crippen molar-refractivity contribution >= 4 is 51.9 Å². The Hall–Kier alpha value is -2.64. The molecule has 2 aromatic rings. The van der Waals surface area contributed by atoms with Gasteiger partial charge in [-0.25, -0.2) is 0 Å². The first kappa shape index (κ1) is 18.2. The Morgan fingerprint density at radius 3 is 2.77 bits per heavy atom. The smallest absolute Gasteiger partial charge is 0.270 e. The number of carbonyl (C=O) groups excluding carboxylic acids is 2. The van der Waals surface area contributed by atoms with Gasteiger partial charge < -0.3 is 14.6 Å². The molecule has 3 rings (SSSR count). The van der Waals surface area contributed by atoms with Crippen molar-refractivity contribution in [3.8, 4) is 5.75 Å². The number of thioether (sulfide) groups is 1. The summed E-state index contributed by atoms with van der Waals surface area (Å²) in [4.78, 5) is 25.3. The van der Waals surface area contributed by atoms with Gasteiger partial charge in [-0.3, -0.25) is 9.69 Å². The molecular weight excluding hydrogens is 370 g/mol.